The Balaban J connectivity index is 2.20. The van der Waals surface area contributed by atoms with Crippen LogP contribution in [-0.2, 0) is 11.2 Å². The van der Waals surface area contributed by atoms with Crippen molar-refractivity contribution in [1.29, 1.82) is 0 Å². The van der Waals surface area contributed by atoms with Gasteiger partial charge >= 0.3 is 5.97 Å². The molecule has 0 aliphatic carbocycles. The monoisotopic (exact) mass is 240 g/mol. The zero-order chi connectivity index (χ0) is 11.5. The van der Waals surface area contributed by atoms with E-state index in [1.54, 1.807) is 11.6 Å². The van der Waals surface area contributed by atoms with E-state index in [1.165, 1.54) is 17.5 Å². The van der Waals surface area contributed by atoms with Crippen LogP contribution >= 0.6 is 11.3 Å². The van der Waals surface area contributed by atoms with E-state index in [2.05, 4.69) is 5.10 Å². The van der Waals surface area contributed by atoms with Gasteiger partial charge in [-0.2, -0.15) is 5.10 Å². The largest absolute Gasteiger partial charge is 0.478 e. The topological polar surface area (TPSA) is 63.8 Å². The fourth-order valence-electron chi connectivity index (χ4n) is 1.48. The number of carboxylic acids is 1. The van der Waals surface area contributed by atoms with Crippen molar-refractivity contribution in [1.82, 2.24) is 9.61 Å². The van der Waals surface area contributed by atoms with Crippen LogP contribution in [0.2, 0.25) is 0 Å². The summed E-state index contributed by atoms with van der Waals surface area (Å²) < 4.78 is 6.59. The molecule has 2 aromatic heterocycles. The fourth-order valence-corrected chi connectivity index (χ4v) is 2.58. The molecule has 0 amide bonds. The Bertz CT molecular complexity index is 503. The van der Waals surface area contributed by atoms with E-state index < -0.39 is 5.97 Å². The highest BCUT2D eigenvalue weighted by Crippen LogP contribution is 2.22. The minimum absolute atomic E-state index is 0.267. The standard InChI is InChI=1S/C10H12N2O3S/c1-15-4-2-3-7-6-12-9(16-7)8(5-11-12)10(13)14/h5-6H,2-4H2,1H3,(H,13,14). The van der Waals surface area contributed by atoms with Crippen LogP contribution in [0, 0.1) is 0 Å². The van der Waals surface area contributed by atoms with Crippen LogP contribution in [0.4, 0.5) is 0 Å². The smallest absolute Gasteiger partial charge is 0.340 e. The quantitative estimate of drug-likeness (QED) is 0.807. The molecule has 5 nitrogen and oxygen atoms in total. The van der Waals surface area contributed by atoms with Crippen LogP contribution in [0.15, 0.2) is 12.4 Å². The number of carboxylic acid groups (broad SMARTS) is 1. The summed E-state index contributed by atoms with van der Waals surface area (Å²) in [5, 5.41) is 12.9. The van der Waals surface area contributed by atoms with Crippen LogP contribution in [0.25, 0.3) is 4.83 Å². The highest BCUT2D eigenvalue weighted by atomic mass is 32.1. The number of carbonyl (C=O) groups is 1. The SMILES string of the molecule is COCCCc1cn2ncc(C(=O)O)c2s1. The molecule has 0 unspecified atom stereocenters. The number of aryl methyl sites for hydroxylation is 1. The van der Waals surface area contributed by atoms with Gasteiger partial charge in [0.2, 0.25) is 0 Å². The van der Waals surface area contributed by atoms with Crippen LogP contribution < -0.4 is 0 Å². The van der Waals surface area contributed by atoms with E-state index in [0.29, 0.717) is 11.4 Å². The van der Waals surface area contributed by atoms with Gasteiger partial charge in [0.05, 0.1) is 6.20 Å². The van der Waals surface area contributed by atoms with Crippen molar-refractivity contribution in [3.63, 3.8) is 0 Å². The molecule has 2 rings (SSSR count). The van der Waals surface area contributed by atoms with Crippen molar-refractivity contribution in [2.75, 3.05) is 13.7 Å². The van der Waals surface area contributed by atoms with E-state index in [0.717, 1.165) is 17.7 Å². The average molecular weight is 240 g/mol. The van der Waals surface area contributed by atoms with Gasteiger partial charge < -0.3 is 9.84 Å². The maximum Gasteiger partial charge on any atom is 0.340 e. The van der Waals surface area contributed by atoms with Crippen molar-refractivity contribution in [2.24, 2.45) is 0 Å². The lowest BCUT2D eigenvalue weighted by Crippen LogP contribution is -1.92. The van der Waals surface area contributed by atoms with Crippen molar-refractivity contribution in [3.8, 4) is 0 Å². The van der Waals surface area contributed by atoms with Crippen molar-refractivity contribution >= 4 is 22.1 Å². The Morgan fingerprint density at radius 2 is 2.50 bits per heavy atom. The lowest BCUT2D eigenvalue weighted by molar-refractivity contribution is 0.0699. The summed E-state index contributed by atoms with van der Waals surface area (Å²) in [6.45, 7) is 0.714. The molecular weight excluding hydrogens is 228 g/mol. The number of nitrogens with zero attached hydrogens (tertiary/aromatic N) is 2. The molecule has 0 saturated heterocycles. The number of aromatic nitrogens is 2. The maximum absolute atomic E-state index is 10.9. The first-order valence-electron chi connectivity index (χ1n) is 4.90. The number of hydrogen-bond donors (Lipinski definition) is 1. The molecule has 0 aromatic carbocycles. The first-order valence-corrected chi connectivity index (χ1v) is 5.72. The summed E-state index contributed by atoms with van der Waals surface area (Å²) in [4.78, 5) is 12.7. The van der Waals surface area contributed by atoms with E-state index >= 15 is 0 Å². The van der Waals surface area contributed by atoms with Crippen molar-refractivity contribution in [3.05, 3.63) is 22.8 Å². The number of aromatic carboxylic acids is 1. The zero-order valence-corrected chi connectivity index (χ0v) is 9.66. The highest BCUT2D eigenvalue weighted by Gasteiger charge is 2.13. The predicted molar refractivity (Wildman–Crippen MR) is 60.2 cm³/mol. The second kappa shape index (κ2) is 4.63. The first kappa shape index (κ1) is 11.1. The minimum atomic E-state index is -0.930. The Morgan fingerprint density at radius 1 is 1.69 bits per heavy atom. The molecule has 16 heavy (non-hydrogen) atoms. The molecule has 0 atom stereocenters. The molecule has 0 spiro atoms. The van der Waals surface area contributed by atoms with Gasteiger partial charge in [0.1, 0.15) is 10.4 Å². The van der Waals surface area contributed by atoms with Crippen LogP contribution in [0.1, 0.15) is 21.7 Å². The number of ether oxygens (including phenoxy) is 1. The molecule has 6 heteroatoms. The van der Waals surface area contributed by atoms with Crippen LogP contribution in [0.5, 0.6) is 0 Å². The highest BCUT2D eigenvalue weighted by molar-refractivity contribution is 7.17. The second-order valence-electron chi connectivity index (χ2n) is 3.41. The van der Waals surface area contributed by atoms with Gasteiger partial charge in [-0.15, -0.1) is 11.3 Å². The van der Waals surface area contributed by atoms with Gasteiger partial charge in [0, 0.05) is 24.8 Å². The summed E-state index contributed by atoms with van der Waals surface area (Å²) in [6.07, 6.45) is 5.08. The molecule has 0 saturated carbocycles. The van der Waals surface area contributed by atoms with Gasteiger partial charge in [-0.3, -0.25) is 0 Å². The molecule has 2 heterocycles. The Labute approximate surface area is 96.3 Å². The molecule has 0 bridgehead atoms. The van der Waals surface area contributed by atoms with Crippen molar-refractivity contribution < 1.29 is 14.6 Å². The van der Waals surface area contributed by atoms with Gasteiger partial charge in [-0.05, 0) is 12.8 Å². The Hall–Kier alpha value is -1.40. The third-order valence-corrected chi connectivity index (χ3v) is 3.42. The Kier molecular flexibility index (Phi) is 3.21. The summed E-state index contributed by atoms with van der Waals surface area (Å²) in [6, 6.07) is 0. The van der Waals surface area contributed by atoms with Gasteiger partial charge in [-0.25, -0.2) is 9.31 Å². The number of rotatable bonds is 5. The normalized spacial score (nSPS) is 11.1. The molecule has 0 aliphatic rings. The van der Waals surface area contributed by atoms with Gasteiger partial charge in [-0.1, -0.05) is 0 Å². The lowest BCUT2D eigenvalue weighted by Gasteiger charge is -1.95. The van der Waals surface area contributed by atoms with Gasteiger partial charge in [0.15, 0.2) is 0 Å². The molecule has 0 radical (unpaired) electrons. The Morgan fingerprint density at radius 3 is 3.19 bits per heavy atom. The molecular formula is C10H12N2O3S. The van der Waals surface area contributed by atoms with E-state index in [1.807, 2.05) is 6.20 Å². The summed E-state index contributed by atoms with van der Waals surface area (Å²) in [7, 11) is 1.67. The summed E-state index contributed by atoms with van der Waals surface area (Å²) in [5.74, 6) is -0.930. The predicted octanol–water partition coefficient (Wildman–Crippen LogP) is 1.67. The summed E-state index contributed by atoms with van der Waals surface area (Å²) in [5.41, 5.74) is 0.267. The first-order chi connectivity index (χ1) is 7.72. The molecule has 2 aromatic rings. The maximum atomic E-state index is 10.9. The minimum Gasteiger partial charge on any atom is -0.478 e. The second-order valence-corrected chi connectivity index (χ2v) is 4.52. The lowest BCUT2D eigenvalue weighted by atomic mass is 10.3. The summed E-state index contributed by atoms with van der Waals surface area (Å²) >= 11 is 1.47. The third-order valence-electron chi connectivity index (χ3n) is 2.25. The zero-order valence-electron chi connectivity index (χ0n) is 8.84. The van der Waals surface area contributed by atoms with Crippen LogP contribution in [0.3, 0.4) is 0 Å². The van der Waals surface area contributed by atoms with Crippen molar-refractivity contribution in [2.45, 2.75) is 12.8 Å². The van der Waals surface area contributed by atoms with Gasteiger partial charge in [0.25, 0.3) is 0 Å². The molecule has 86 valence electrons. The number of fused-ring (bicyclic) bond motifs is 1. The number of methoxy groups -OCH3 is 1. The fraction of sp³-hybridized carbons (Fsp3) is 0.400. The molecule has 0 fully saturated rings. The average Bonchev–Trinajstić information content (AvgIpc) is 2.76. The number of hydrogen-bond acceptors (Lipinski definition) is 4. The van der Waals surface area contributed by atoms with E-state index in [9.17, 15) is 4.79 Å². The third kappa shape index (κ3) is 2.07. The van der Waals surface area contributed by atoms with E-state index in [-0.39, 0.29) is 5.56 Å². The molecule has 0 aliphatic heterocycles. The number of thiazole rings is 1. The molecule has 1 N–H and O–H groups in total. The van der Waals surface area contributed by atoms with Crippen LogP contribution in [-0.4, -0.2) is 34.4 Å². The van der Waals surface area contributed by atoms with E-state index in [4.69, 9.17) is 9.84 Å².